The summed E-state index contributed by atoms with van der Waals surface area (Å²) >= 11 is 0. The topological polar surface area (TPSA) is 65.5 Å². The van der Waals surface area contributed by atoms with Crippen molar-refractivity contribution in [3.05, 3.63) is 102 Å². The first kappa shape index (κ1) is 21.7. The van der Waals surface area contributed by atoms with Gasteiger partial charge in [-0.05, 0) is 29.3 Å². The minimum Gasteiger partial charge on any atom is -0.340 e. The van der Waals surface area contributed by atoms with Crippen LogP contribution in [0.1, 0.15) is 21.5 Å². The highest BCUT2D eigenvalue weighted by Crippen LogP contribution is 2.12. The van der Waals surface area contributed by atoms with E-state index in [1.54, 1.807) is 18.3 Å². The van der Waals surface area contributed by atoms with E-state index in [2.05, 4.69) is 21.3 Å². The third kappa shape index (κ3) is 5.80. The Morgan fingerprint density at radius 3 is 2.16 bits per heavy atom. The number of hydrogen-bond acceptors (Lipinski definition) is 4. The zero-order valence-corrected chi connectivity index (χ0v) is 18.1. The average Bonchev–Trinajstić information content (AvgIpc) is 2.85. The number of pyridine rings is 1. The number of amides is 2. The van der Waals surface area contributed by atoms with E-state index in [9.17, 15) is 9.59 Å². The van der Waals surface area contributed by atoms with Gasteiger partial charge in [0.05, 0.1) is 0 Å². The van der Waals surface area contributed by atoms with Crippen LogP contribution in [0.3, 0.4) is 0 Å². The molecule has 0 saturated carbocycles. The van der Waals surface area contributed by atoms with E-state index in [0.29, 0.717) is 25.1 Å². The first-order valence-electron chi connectivity index (χ1n) is 11.0. The molecule has 1 N–H and O–H groups in total. The Morgan fingerprint density at radius 1 is 0.844 bits per heavy atom. The summed E-state index contributed by atoms with van der Waals surface area (Å²) in [5.41, 5.74) is 2.75. The van der Waals surface area contributed by atoms with Crippen molar-refractivity contribution in [3.63, 3.8) is 0 Å². The first-order chi connectivity index (χ1) is 15.7. The molecule has 32 heavy (non-hydrogen) atoms. The van der Waals surface area contributed by atoms with Crippen LogP contribution in [0.25, 0.3) is 0 Å². The maximum atomic E-state index is 13.4. The fraction of sp³-hybridized carbons (Fsp3) is 0.269. The van der Waals surface area contributed by atoms with Crippen LogP contribution in [0.2, 0.25) is 0 Å². The summed E-state index contributed by atoms with van der Waals surface area (Å²) < 4.78 is 0. The van der Waals surface area contributed by atoms with E-state index < -0.39 is 6.04 Å². The highest BCUT2D eigenvalue weighted by Gasteiger charge is 2.29. The summed E-state index contributed by atoms with van der Waals surface area (Å²) in [6, 6.07) is 22.3. The lowest BCUT2D eigenvalue weighted by Crippen LogP contribution is -2.55. The van der Waals surface area contributed by atoms with Crippen LogP contribution < -0.4 is 5.32 Å². The van der Waals surface area contributed by atoms with Crippen LogP contribution in [0.15, 0.2) is 85.2 Å². The van der Waals surface area contributed by atoms with Gasteiger partial charge in [0.1, 0.15) is 6.04 Å². The lowest BCUT2D eigenvalue weighted by atomic mass is 10.0. The number of rotatable bonds is 7. The van der Waals surface area contributed by atoms with Crippen LogP contribution in [-0.4, -0.2) is 58.8 Å². The molecular weight excluding hydrogens is 400 g/mol. The van der Waals surface area contributed by atoms with Gasteiger partial charge in [-0.3, -0.25) is 19.5 Å². The molecule has 0 bridgehead atoms. The lowest BCUT2D eigenvalue weighted by molar-refractivity contribution is -0.135. The average molecular weight is 429 g/mol. The van der Waals surface area contributed by atoms with E-state index >= 15 is 0 Å². The van der Waals surface area contributed by atoms with Crippen molar-refractivity contribution in [1.82, 2.24) is 20.1 Å². The van der Waals surface area contributed by atoms with Crippen molar-refractivity contribution < 1.29 is 9.59 Å². The van der Waals surface area contributed by atoms with Crippen molar-refractivity contribution in [2.75, 3.05) is 26.2 Å². The van der Waals surface area contributed by atoms with Crippen LogP contribution in [0.4, 0.5) is 0 Å². The van der Waals surface area contributed by atoms with Gasteiger partial charge in [-0.25, -0.2) is 0 Å². The monoisotopic (exact) mass is 428 g/mol. The number of nitrogens with zero attached hydrogens (tertiary/aromatic N) is 3. The van der Waals surface area contributed by atoms with Crippen molar-refractivity contribution >= 4 is 11.8 Å². The van der Waals surface area contributed by atoms with Gasteiger partial charge in [0.15, 0.2) is 0 Å². The molecule has 0 spiro atoms. The van der Waals surface area contributed by atoms with Gasteiger partial charge >= 0.3 is 0 Å². The minimum atomic E-state index is -0.602. The third-order valence-corrected chi connectivity index (χ3v) is 5.73. The summed E-state index contributed by atoms with van der Waals surface area (Å²) in [7, 11) is 0. The Labute approximate surface area is 188 Å². The number of piperazine rings is 1. The largest absolute Gasteiger partial charge is 0.340 e. The van der Waals surface area contributed by atoms with E-state index in [1.165, 1.54) is 5.56 Å². The number of aromatic nitrogens is 1. The van der Waals surface area contributed by atoms with E-state index in [0.717, 1.165) is 25.2 Å². The Hall–Kier alpha value is -3.51. The molecule has 4 rings (SSSR count). The third-order valence-electron chi connectivity index (χ3n) is 5.73. The molecule has 6 nitrogen and oxygen atoms in total. The van der Waals surface area contributed by atoms with E-state index in [4.69, 9.17) is 0 Å². The molecule has 1 unspecified atom stereocenters. The zero-order valence-electron chi connectivity index (χ0n) is 18.1. The molecule has 0 radical (unpaired) electrons. The Balaban J connectivity index is 1.41. The van der Waals surface area contributed by atoms with Crippen LogP contribution >= 0.6 is 0 Å². The molecule has 1 atom stereocenters. The van der Waals surface area contributed by atoms with Crippen LogP contribution in [0.5, 0.6) is 0 Å². The standard InChI is InChI=1S/C26H28N4O2/c31-25(23-11-5-2-6-12-23)28-24(18-21-8-3-1-4-9-21)26(32)30-16-14-29(15-17-30)20-22-10-7-13-27-19-22/h1-13,19,24H,14-18,20H2,(H,28,31). The molecular formula is C26H28N4O2. The predicted octanol–water partition coefficient (Wildman–Crippen LogP) is 2.77. The van der Waals surface area contributed by atoms with Gasteiger partial charge in [0, 0.05) is 57.1 Å². The van der Waals surface area contributed by atoms with Gasteiger partial charge in [-0.1, -0.05) is 54.6 Å². The molecule has 1 aliphatic rings. The molecule has 2 aromatic carbocycles. The lowest BCUT2D eigenvalue weighted by Gasteiger charge is -2.36. The van der Waals surface area contributed by atoms with Gasteiger partial charge in [-0.2, -0.15) is 0 Å². The molecule has 1 fully saturated rings. The summed E-state index contributed by atoms with van der Waals surface area (Å²) in [4.78, 5) is 34.6. The molecule has 2 heterocycles. The SMILES string of the molecule is O=C(NC(Cc1ccccc1)C(=O)N1CCN(Cc2cccnc2)CC1)c1ccccc1. The Bertz CT molecular complexity index is 1000. The fourth-order valence-electron chi connectivity index (χ4n) is 3.98. The van der Waals surface area contributed by atoms with E-state index in [1.807, 2.05) is 65.7 Å². The Morgan fingerprint density at radius 2 is 1.50 bits per heavy atom. The van der Waals surface area contributed by atoms with Crippen LogP contribution in [0, 0.1) is 0 Å². The molecule has 164 valence electrons. The van der Waals surface area contributed by atoms with E-state index in [-0.39, 0.29) is 11.8 Å². The van der Waals surface area contributed by atoms with Crippen molar-refractivity contribution in [1.29, 1.82) is 0 Å². The van der Waals surface area contributed by atoms with Gasteiger partial charge in [-0.15, -0.1) is 0 Å². The summed E-state index contributed by atoms with van der Waals surface area (Å²) in [6.07, 6.45) is 4.12. The normalized spacial score (nSPS) is 15.2. The Kier molecular flexibility index (Phi) is 7.25. The molecule has 1 aromatic heterocycles. The molecule has 3 aromatic rings. The summed E-state index contributed by atoms with van der Waals surface area (Å²) in [6.45, 7) is 3.71. The molecule has 2 amide bonds. The zero-order chi connectivity index (χ0) is 22.2. The van der Waals surface area contributed by atoms with Crippen molar-refractivity contribution in [3.8, 4) is 0 Å². The first-order valence-corrected chi connectivity index (χ1v) is 11.0. The number of benzene rings is 2. The highest BCUT2D eigenvalue weighted by molar-refractivity contribution is 5.97. The summed E-state index contributed by atoms with van der Waals surface area (Å²) in [5.74, 6) is -0.255. The van der Waals surface area contributed by atoms with Gasteiger partial charge < -0.3 is 10.2 Å². The smallest absolute Gasteiger partial charge is 0.251 e. The highest BCUT2D eigenvalue weighted by atomic mass is 16.2. The second-order valence-electron chi connectivity index (χ2n) is 8.04. The number of nitrogens with one attached hydrogen (secondary N) is 1. The van der Waals surface area contributed by atoms with Gasteiger partial charge in [0.25, 0.3) is 5.91 Å². The van der Waals surface area contributed by atoms with Gasteiger partial charge in [0.2, 0.25) is 5.91 Å². The predicted molar refractivity (Wildman–Crippen MR) is 124 cm³/mol. The maximum absolute atomic E-state index is 13.4. The quantitative estimate of drug-likeness (QED) is 0.629. The second kappa shape index (κ2) is 10.7. The fourth-order valence-corrected chi connectivity index (χ4v) is 3.98. The molecule has 0 aliphatic carbocycles. The summed E-state index contributed by atoms with van der Waals surface area (Å²) in [5, 5.41) is 2.98. The maximum Gasteiger partial charge on any atom is 0.251 e. The molecule has 1 saturated heterocycles. The van der Waals surface area contributed by atoms with Crippen molar-refractivity contribution in [2.24, 2.45) is 0 Å². The van der Waals surface area contributed by atoms with Crippen LogP contribution in [-0.2, 0) is 17.8 Å². The molecule has 6 heteroatoms. The molecule has 1 aliphatic heterocycles. The number of carbonyl (C=O) groups excluding carboxylic acids is 2. The minimum absolute atomic E-state index is 0.0286. The second-order valence-corrected chi connectivity index (χ2v) is 8.04. The number of hydrogen-bond donors (Lipinski definition) is 1. The van der Waals surface area contributed by atoms with Crippen molar-refractivity contribution in [2.45, 2.75) is 19.0 Å². The number of carbonyl (C=O) groups is 2.